The Labute approximate surface area is 163 Å². The van der Waals surface area contributed by atoms with Gasteiger partial charge in [0.15, 0.2) is 11.5 Å². The number of ether oxygens (including phenoxy) is 1. The van der Waals surface area contributed by atoms with Crippen molar-refractivity contribution >= 4 is 11.7 Å². The predicted octanol–water partition coefficient (Wildman–Crippen LogP) is 3.17. The van der Waals surface area contributed by atoms with Gasteiger partial charge in [0.05, 0.1) is 5.69 Å². The summed E-state index contributed by atoms with van der Waals surface area (Å²) in [5.41, 5.74) is 3.66. The Morgan fingerprint density at radius 1 is 1.21 bits per heavy atom. The van der Waals surface area contributed by atoms with Gasteiger partial charge in [0.25, 0.3) is 5.91 Å². The SMILES string of the molecule is CC(=O)c1cccc(OCc2cc(C(=O)N(C)Cc3ccncc3C)n[nH]2)c1. The highest BCUT2D eigenvalue weighted by atomic mass is 16.5. The van der Waals surface area contributed by atoms with Crippen molar-refractivity contribution in [2.24, 2.45) is 0 Å². The number of aromatic amines is 1. The molecule has 0 saturated carbocycles. The van der Waals surface area contributed by atoms with E-state index in [-0.39, 0.29) is 18.3 Å². The molecule has 3 aromatic rings. The Balaban J connectivity index is 1.61. The maximum atomic E-state index is 12.6. The number of amides is 1. The Kier molecular flexibility index (Phi) is 5.84. The van der Waals surface area contributed by atoms with E-state index >= 15 is 0 Å². The third-order valence-electron chi connectivity index (χ3n) is 4.38. The molecular weight excluding hydrogens is 356 g/mol. The first-order chi connectivity index (χ1) is 13.4. The Morgan fingerprint density at radius 2 is 2.04 bits per heavy atom. The molecule has 0 atom stereocenters. The highest BCUT2D eigenvalue weighted by Crippen LogP contribution is 2.16. The number of pyridine rings is 1. The van der Waals surface area contributed by atoms with Crippen molar-refractivity contribution in [1.82, 2.24) is 20.1 Å². The molecule has 0 radical (unpaired) electrons. The zero-order chi connectivity index (χ0) is 20.1. The number of rotatable bonds is 7. The van der Waals surface area contributed by atoms with Gasteiger partial charge in [-0.15, -0.1) is 0 Å². The number of benzene rings is 1. The van der Waals surface area contributed by atoms with Gasteiger partial charge in [-0.1, -0.05) is 12.1 Å². The van der Waals surface area contributed by atoms with E-state index in [1.54, 1.807) is 54.7 Å². The van der Waals surface area contributed by atoms with Gasteiger partial charge in [0, 0.05) is 31.5 Å². The second-order valence-corrected chi connectivity index (χ2v) is 6.61. The van der Waals surface area contributed by atoms with Crippen LogP contribution in [-0.2, 0) is 13.2 Å². The molecule has 7 heteroatoms. The van der Waals surface area contributed by atoms with Gasteiger partial charge >= 0.3 is 0 Å². The number of hydrogen-bond acceptors (Lipinski definition) is 5. The monoisotopic (exact) mass is 378 g/mol. The van der Waals surface area contributed by atoms with Gasteiger partial charge in [-0.05, 0) is 49.2 Å². The molecule has 1 N–H and O–H groups in total. The molecule has 7 nitrogen and oxygen atoms in total. The smallest absolute Gasteiger partial charge is 0.274 e. The highest BCUT2D eigenvalue weighted by molar-refractivity contribution is 5.94. The van der Waals surface area contributed by atoms with E-state index < -0.39 is 0 Å². The van der Waals surface area contributed by atoms with Crippen molar-refractivity contribution in [3.05, 3.63) is 76.9 Å². The molecule has 0 aliphatic carbocycles. The van der Waals surface area contributed by atoms with Crippen molar-refractivity contribution in [2.45, 2.75) is 27.0 Å². The number of carbonyl (C=O) groups excluding carboxylic acids is 2. The molecule has 0 aliphatic rings. The van der Waals surface area contributed by atoms with Crippen molar-refractivity contribution in [3.63, 3.8) is 0 Å². The minimum Gasteiger partial charge on any atom is -0.487 e. The van der Waals surface area contributed by atoms with Crippen molar-refractivity contribution in [2.75, 3.05) is 7.05 Å². The molecule has 0 fully saturated rings. The van der Waals surface area contributed by atoms with E-state index in [0.29, 0.717) is 29.2 Å². The summed E-state index contributed by atoms with van der Waals surface area (Å²) in [5, 5.41) is 6.92. The number of carbonyl (C=O) groups is 2. The molecule has 1 amide bonds. The fraction of sp³-hybridized carbons (Fsp3) is 0.238. The number of ketones is 1. The summed E-state index contributed by atoms with van der Waals surface area (Å²) in [5.74, 6) is 0.380. The summed E-state index contributed by atoms with van der Waals surface area (Å²) in [6.07, 6.45) is 3.49. The van der Waals surface area contributed by atoms with Crippen LogP contribution in [0.2, 0.25) is 0 Å². The fourth-order valence-electron chi connectivity index (χ4n) is 2.71. The molecular formula is C21H22N4O3. The van der Waals surface area contributed by atoms with E-state index in [9.17, 15) is 9.59 Å². The number of aromatic nitrogens is 3. The number of hydrogen-bond donors (Lipinski definition) is 1. The molecule has 0 aliphatic heterocycles. The minimum absolute atomic E-state index is 0.0210. The van der Waals surface area contributed by atoms with Crippen molar-refractivity contribution in [1.29, 1.82) is 0 Å². The van der Waals surface area contributed by atoms with Gasteiger partial charge in [-0.3, -0.25) is 19.7 Å². The third kappa shape index (κ3) is 4.62. The van der Waals surface area contributed by atoms with Gasteiger partial charge in [0.1, 0.15) is 12.4 Å². The van der Waals surface area contributed by atoms with E-state index in [1.165, 1.54) is 6.92 Å². The summed E-state index contributed by atoms with van der Waals surface area (Å²) in [4.78, 5) is 29.7. The van der Waals surface area contributed by atoms with E-state index in [0.717, 1.165) is 11.1 Å². The zero-order valence-electron chi connectivity index (χ0n) is 16.1. The van der Waals surface area contributed by atoms with E-state index in [4.69, 9.17) is 4.74 Å². The van der Waals surface area contributed by atoms with Crippen LogP contribution in [0.4, 0.5) is 0 Å². The van der Waals surface area contributed by atoms with Crippen LogP contribution >= 0.6 is 0 Å². The largest absolute Gasteiger partial charge is 0.487 e. The van der Waals surface area contributed by atoms with E-state index in [2.05, 4.69) is 15.2 Å². The minimum atomic E-state index is -0.183. The van der Waals surface area contributed by atoms with Gasteiger partial charge in [-0.25, -0.2) is 0 Å². The summed E-state index contributed by atoms with van der Waals surface area (Å²) in [6, 6.07) is 10.5. The fourth-order valence-corrected chi connectivity index (χ4v) is 2.71. The van der Waals surface area contributed by atoms with Crippen LogP contribution in [0.5, 0.6) is 5.75 Å². The molecule has 0 saturated heterocycles. The van der Waals surface area contributed by atoms with Crippen LogP contribution in [0.15, 0.2) is 48.8 Å². The number of Topliss-reactive ketones (excluding diaryl/α,β-unsaturated/α-hetero) is 1. The first-order valence-corrected chi connectivity index (χ1v) is 8.87. The van der Waals surface area contributed by atoms with E-state index in [1.807, 2.05) is 13.0 Å². The molecule has 2 aromatic heterocycles. The lowest BCUT2D eigenvalue weighted by molar-refractivity contribution is 0.0779. The first kappa shape index (κ1) is 19.3. The van der Waals surface area contributed by atoms with Gasteiger partial charge < -0.3 is 9.64 Å². The first-order valence-electron chi connectivity index (χ1n) is 8.87. The quantitative estimate of drug-likeness (QED) is 0.638. The Morgan fingerprint density at radius 3 is 2.79 bits per heavy atom. The highest BCUT2D eigenvalue weighted by Gasteiger charge is 2.16. The number of nitrogens with one attached hydrogen (secondary N) is 1. The summed E-state index contributed by atoms with van der Waals surface area (Å²) in [6.45, 7) is 4.17. The second-order valence-electron chi connectivity index (χ2n) is 6.61. The zero-order valence-corrected chi connectivity index (χ0v) is 16.1. The van der Waals surface area contributed by atoms with Crippen LogP contribution in [0.3, 0.4) is 0 Å². The Bertz CT molecular complexity index is 997. The second kappa shape index (κ2) is 8.47. The molecule has 0 spiro atoms. The van der Waals surface area contributed by atoms with Crippen LogP contribution < -0.4 is 4.74 Å². The Hall–Kier alpha value is -3.48. The lowest BCUT2D eigenvalue weighted by Gasteiger charge is -2.17. The maximum Gasteiger partial charge on any atom is 0.274 e. The molecule has 0 bridgehead atoms. The van der Waals surface area contributed by atoms with Crippen LogP contribution in [0.25, 0.3) is 0 Å². The number of nitrogens with zero attached hydrogens (tertiary/aromatic N) is 3. The average molecular weight is 378 g/mol. The molecule has 0 unspecified atom stereocenters. The standard InChI is InChI=1S/C21H22N4O3/c1-14-11-22-8-7-17(14)12-25(3)21(27)20-10-18(23-24-20)13-28-19-6-4-5-16(9-19)15(2)26/h4-11H,12-13H2,1-3H3,(H,23,24). The topological polar surface area (TPSA) is 88.2 Å². The van der Waals surface area contributed by atoms with Gasteiger partial charge in [-0.2, -0.15) is 5.10 Å². The number of aryl methyl sites for hydroxylation is 1. The molecule has 1 aromatic carbocycles. The van der Waals surface area contributed by atoms with Crippen molar-refractivity contribution < 1.29 is 14.3 Å². The van der Waals surface area contributed by atoms with Crippen LogP contribution in [0.1, 0.15) is 44.6 Å². The number of H-pyrrole nitrogens is 1. The molecule has 3 rings (SSSR count). The molecule has 28 heavy (non-hydrogen) atoms. The predicted molar refractivity (Wildman–Crippen MR) is 104 cm³/mol. The average Bonchev–Trinajstić information content (AvgIpc) is 3.16. The molecule has 144 valence electrons. The van der Waals surface area contributed by atoms with Crippen molar-refractivity contribution in [3.8, 4) is 5.75 Å². The third-order valence-corrected chi connectivity index (χ3v) is 4.38. The summed E-state index contributed by atoms with van der Waals surface area (Å²) in [7, 11) is 1.74. The lowest BCUT2D eigenvalue weighted by Crippen LogP contribution is -2.26. The summed E-state index contributed by atoms with van der Waals surface area (Å²) >= 11 is 0. The van der Waals surface area contributed by atoms with Gasteiger partial charge in [0.2, 0.25) is 0 Å². The maximum absolute atomic E-state index is 12.6. The normalized spacial score (nSPS) is 10.5. The lowest BCUT2D eigenvalue weighted by atomic mass is 10.1. The van der Waals surface area contributed by atoms with Crippen LogP contribution in [0, 0.1) is 6.92 Å². The molecule has 2 heterocycles. The summed E-state index contributed by atoms with van der Waals surface area (Å²) < 4.78 is 5.69. The van der Waals surface area contributed by atoms with Crippen LogP contribution in [-0.4, -0.2) is 38.8 Å².